The van der Waals surface area contributed by atoms with Crippen molar-refractivity contribution in [1.29, 1.82) is 0 Å². The van der Waals surface area contributed by atoms with E-state index in [2.05, 4.69) is 0 Å². The third-order valence-electron chi connectivity index (χ3n) is 2.06. The van der Waals surface area contributed by atoms with Crippen LogP contribution >= 0.6 is 11.3 Å². The maximum atomic E-state index is 11.9. The van der Waals surface area contributed by atoms with Gasteiger partial charge in [-0.3, -0.25) is 0 Å². The molecule has 96 valence electrons. The lowest BCUT2D eigenvalue weighted by Gasteiger charge is -2.18. The number of likely N-dealkylation sites (N-methyl/N-ethyl adjacent to an activating group) is 1. The summed E-state index contributed by atoms with van der Waals surface area (Å²) in [6, 6.07) is 3.11. The van der Waals surface area contributed by atoms with Gasteiger partial charge in [0.15, 0.2) is 0 Å². The Morgan fingerprint density at radius 3 is 2.76 bits per heavy atom. The van der Waals surface area contributed by atoms with Crippen LogP contribution in [0.1, 0.15) is 4.88 Å². The molecule has 1 heterocycles. The lowest BCUT2D eigenvalue weighted by molar-refractivity contribution is -0.123. The van der Waals surface area contributed by atoms with Gasteiger partial charge in [0.05, 0.1) is 0 Å². The summed E-state index contributed by atoms with van der Waals surface area (Å²) in [4.78, 5) is 13.6. The van der Waals surface area contributed by atoms with E-state index in [1.807, 2.05) is 22.8 Å². The van der Waals surface area contributed by atoms with Gasteiger partial charge in [-0.1, -0.05) is 6.07 Å². The first kappa shape index (κ1) is 13.8. The first-order chi connectivity index (χ1) is 7.88. The minimum absolute atomic E-state index is 0.393. The number of halogens is 3. The molecule has 0 spiro atoms. The fourth-order valence-corrected chi connectivity index (χ4v) is 1.84. The summed E-state index contributed by atoms with van der Waals surface area (Å²) >= 11 is 1.56. The molecule has 2 amide bonds. The molecule has 3 nitrogen and oxygen atoms in total. The highest BCUT2D eigenvalue weighted by Gasteiger charge is 2.28. The maximum absolute atomic E-state index is 11.9. The predicted molar refractivity (Wildman–Crippen MR) is 60.1 cm³/mol. The zero-order valence-electron chi connectivity index (χ0n) is 9.25. The maximum Gasteiger partial charge on any atom is 0.405 e. The van der Waals surface area contributed by atoms with Crippen molar-refractivity contribution in [3.8, 4) is 0 Å². The highest BCUT2D eigenvalue weighted by molar-refractivity contribution is 7.09. The van der Waals surface area contributed by atoms with Crippen LogP contribution in [0, 0.1) is 0 Å². The minimum atomic E-state index is -4.37. The quantitative estimate of drug-likeness (QED) is 0.892. The molecule has 0 saturated heterocycles. The van der Waals surface area contributed by atoms with E-state index >= 15 is 0 Å². The molecule has 0 atom stereocenters. The average molecular weight is 266 g/mol. The summed E-state index contributed by atoms with van der Waals surface area (Å²) in [6.45, 7) is -0.903. The van der Waals surface area contributed by atoms with Crippen LogP contribution in [0.3, 0.4) is 0 Å². The molecule has 0 aliphatic heterocycles. The fourth-order valence-electron chi connectivity index (χ4n) is 1.15. The topological polar surface area (TPSA) is 32.3 Å². The molecule has 0 aliphatic carbocycles. The molecule has 1 aromatic heterocycles. The fraction of sp³-hybridized carbons (Fsp3) is 0.500. The molecule has 0 radical (unpaired) electrons. The molecular formula is C10H13F3N2OS. The number of hydrogen-bond donors (Lipinski definition) is 1. The Labute approximate surface area is 101 Å². The summed E-state index contributed by atoms with van der Waals surface area (Å²) in [5, 5.41) is 3.73. The second-order valence-corrected chi connectivity index (χ2v) is 4.56. The smallest absolute Gasteiger partial charge is 0.329 e. The van der Waals surface area contributed by atoms with Crippen LogP contribution in [-0.2, 0) is 6.42 Å². The highest BCUT2D eigenvalue weighted by Crippen LogP contribution is 2.12. The van der Waals surface area contributed by atoms with Crippen LogP contribution in [0.25, 0.3) is 0 Å². The van der Waals surface area contributed by atoms with Crippen molar-refractivity contribution in [1.82, 2.24) is 10.2 Å². The van der Waals surface area contributed by atoms with Crippen molar-refractivity contribution in [2.45, 2.75) is 12.6 Å². The van der Waals surface area contributed by atoms with E-state index in [-0.39, 0.29) is 0 Å². The Balaban J connectivity index is 2.27. The number of carbonyl (C=O) groups is 1. The number of nitrogens with zero attached hydrogens (tertiary/aromatic N) is 1. The van der Waals surface area contributed by atoms with Gasteiger partial charge in [0.25, 0.3) is 0 Å². The van der Waals surface area contributed by atoms with Crippen LogP contribution in [0.5, 0.6) is 0 Å². The molecule has 0 unspecified atom stereocenters. The molecule has 17 heavy (non-hydrogen) atoms. The van der Waals surface area contributed by atoms with Crippen LogP contribution in [0.2, 0.25) is 0 Å². The summed E-state index contributed by atoms with van der Waals surface area (Å²) in [6.07, 6.45) is -3.72. The van der Waals surface area contributed by atoms with Gasteiger partial charge >= 0.3 is 12.2 Å². The van der Waals surface area contributed by atoms with E-state index in [0.29, 0.717) is 13.0 Å². The Morgan fingerprint density at radius 1 is 1.53 bits per heavy atom. The van der Waals surface area contributed by atoms with Gasteiger partial charge < -0.3 is 10.2 Å². The second kappa shape index (κ2) is 5.90. The average Bonchev–Trinajstić information content (AvgIpc) is 2.74. The Kier molecular flexibility index (Phi) is 4.80. The molecule has 0 aliphatic rings. The Morgan fingerprint density at radius 2 is 2.24 bits per heavy atom. The van der Waals surface area contributed by atoms with Crippen LogP contribution in [0.15, 0.2) is 17.5 Å². The third kappa shape index (κ3) is 5.58. The number of hydrogen-bond acceptors (Lipinski definition) is 2. The number of thiophene rings is 1. The number of urea groups is 1. The van der Waals surface area contributed by atoms with Gasteiger partial charge in [-0.15, -0.1) is 11.3 Å². The normalized spacial score (nSPS) is 11.3. The standard InChI is InChI=1S/C10H13F3N2OS/c1-15(5-4-8-3-2-6-17-8)9(16)14-7-10(11,12)13/h2-3,6H,4-5,7H2,1H3,(H,14,16). The summed E-state index contributed by atoms with van der Waals surface area (Å²) in [5.74, 6) is 0. The molecule has 1 N–H and O–H groups in total. The molecule has 0 saturated carbocycles. The van der Waals surface area contributed by atoms with Crippen molar-refractivity contribution in [3.05, 3.63) is 22.4 Å². The highest BCUT2D eigenvalue weighted by atomic mass is 32.1. The van der Waals surface area contributed by atoms with Gasteiger partial charge in [0.1, 0.15) is 6.54 Å². The SMILES string of the molecule is CN(CCc1cccs1)C(=O)NCC(F)(F)F. The van der Waals surface area contributed by atoms with E-state index in [1.54, 1.807) is 11.3 Å². The first-order valence-electron chi connectivity index (χ1n) is 4.96. The summed E-state index contributed by atoms with van der Waals surface area (Å²) in [5.41, 5.74) is 0. The van der Waals surface area contributed by atoms with E-state index < -0.39 is 18.8 Å². The molecule has 0 bridgehead atoms. The molecule has 0 aromatic carbocycles. The van der Waals surface area contributed by atoms with Crippen LogP contribution in [0.4, 0.5) is 18.0 Å². The summed E-state index contributed by atoms with van der Waals surface area (Å²) < 4.78 is 35.6. The molecule has 1 rings (SSSR count). The molecule has 0 fully saturated rings. The van der Waals surface area contributed by atoms with E-state index in [4.69, 9.17) is 0 Å². The number of rotatable bonds is 4. The Hall–Kier alpha value is -1.24. The molecule has 1 aromatic rings. The second-order valence-electron chi connectivity index (χ2n) is 3.52. The van der Waals surface area contributed by atoms with Crippen LogP contribution < -0.4 is 5.32 Å². The van der Waals surface area contributed by atoms with Gasteiger partial charge in [-0.05, 0) is 17.9 Å². The lowest BCUT2D eigenvalue weighted by atomic mass is 10.3. The third-order valence-corrected chi connectivity index (χ3v) is 3.00. The number of amides is 2. The van der Waals surface area contributed by atoms with E-state index in [0.717, 1.165) is 4.88 Å². The van der Waals surface area contributed by atoms with E-state index in [9.17, 15) is 18.0 Å². The van der Waals surface area contributed by atoms with Crippen LogP contribution in [-0.4, -0.2) is 37.2 Å². The largest absolute Gasteiger partial charge is 0.405 e. The van der Waals surface area contributed by atoms with Gasteiger partial charge in [-0.25, -0.2) is 4.79 Å². The molecule has 7 heteroatoms. The minimum Gasteiger partial charge on any atom is -0.329 e. The van der Waals surface area contributed by atoms with Gasteiger partial charge in [-0.2, -0.15) is 13.2 Å². The molecular weight excluding hydrogens is 253 g/mol. The number of alkyl halides is 3. The number of carbonyl (C=O) groups excluding carboxylic acids is 1. The van der Waals surface area contributed by atoms with Gasteiger partial charge in [0, 0.05) is 18.5 Å². The van der Waals surface area contributed by atoms with Crippen molar-refractivity contribution in [2.24, 2.45) is 0 Å². The lowest BCUT2D eigenvalue weighted by Crippen LogP contribution is -2.42. The zero-order valence-corrected chi connectivity index (χ0v) is 10.1. The van der Waals surface area contributed by atoms with Gasteiger partial charge in [0.2, 0.25) is 0 Å². The predicted octanol–water partition coefficient (Wildman–Crippen LogP) is 2.49. The summed E-state index contributed by atoms with van der Waals surface area (Å²) in [7, 11) is 1.47. The first-order valence-corrected chi connectivity index (χ1v) is 5.84. The van der Waals surface area contributed by atoms with Crippen molar-refractivity contribution >= 4 is 17.4 Å². The monoisotopic (exact) mass is 266 g/mol. The van der Waals surface area contributed by atoms with Crippen molar-refractivity contribution < 1.29 is 18.0 Å². The zero-order chi connectivity index (χ0) is 12.9. The van der Waals surface area contributed by atoms with E-state index in [1.165, 1.54) is 11.9 Å². The Bertz CT molecular complexity index is 351. The number of nitrogens with one attached hydrogen (secondary N) is 1. The van der Waals surface area contributed by atoms with Crippen molar-refractivity contribution in [2.75, 3.05) is 20.1 Å². The van der Waals surface area contributed by atoms with Crippen molar-refractivity contribution in [3.63, 3.8) is 0 Å².